The molecule has 10 heteroatoms. The lowest BCUT2D eigenvalue weighted by molar-refractivity contribution is -0.116. The van der Waals surface area contributed by atoms with E-state index < -0.39 is 15.8 Å². The van der Waals surface area contributed by atoms with Crippen molar-refractivity contribution < 1.29 is 22.3 Å². The number of carbonyl (C=O) groups is 1. The van der Waals surface area contributed by atoms with Gasteiger partial charge in [0, 0.05) is 23.0 Å². The minimum absolute atomic E-state index is 0.128. The third-order valence-corrected chi connectivity index (χ3v) is 8.12. The van der Waals surface area contributed by atoms with Crippen molar-refractivity contribution >= 4 is 45.0 Å². The van der Waals surface area contributed by atoms with E-state index in [1.807, 2.05) is 0 Å². The average molecular weight is 457 g/mol. The number of halogens is 2. The third-order valence-electron chi connectivity index (χ3n) is 4.82. The van der Waals surface area contributed by atoms with E-state index in [1.54, 1.807) is 12.1 Å². The van der Waals surface area contributed by atoms with Crippen molar-refractivity contribution in [1.82, 2.24) is 4.31 Å². The zero-order valence-electron chi connectivity index (χ0n) is 15.3. The first-order chi connectivity index (χ1) is 13.9. The van der Waals surface area contributed by atoms with Crippen LogP contribution in [0.2, 0.25) is 5.02 Å². The highest BCUT2D eigenvalue weighted by Gasteiger charge is 2.30. The molecule has 2 aliphatic heterocycles. The number of amides is 1. The Morgan fingerprint density at radius 2 is 1.90 bits per heavy atom. The van der Waals surface area contributed by atoms with Crippen LogP contribution in [0.3, 0.4) is 0 Å². The van der Waals surface area contributed by atoms with Gasteiger partial charge >= 0.3 is 0 Å². The number of hydrogen-bond donors (Lipinski definition) is 0. The summed E-state index contributed by atoms with van der Waals surface area (Å²) in [6, 6.07) is 8.82. The van der Waals surface area contributed by atoms with Gasteiger partial charge in [-0.25, -0.2) is 12.8 Å². The third kappa shape index (κ3) is 4.15. The minimum atomic E-state index is -3.69. The first-order valence-electron chi connectivity index (χ1n) is 8.95. The lowest BCUT2D eigenvalue weighted by Crippen LogP contribution is -2.41. The standard InChI is InChI=1S/C19H18ClFN2O4S2/c20-16-9-14(21)2-1-13(16)11-23-17-10-15(3-4-18(17)28-12-19(23)24)29(25,26)22-5-7-27-8-6-22/h1-4,9-10H,5-8,11-12H2. The van der Waals surface area contributed by atoms with Gasteiger partial charge in [0.05, 0.1) is 36.1 Å². The maximum absolute atomic E-state index is 13.4. The average Bonchev–Trinajstić information content (AvgIpc) is 2.72. The second kappa shape index (κ2) is 8.23. The van der Waals surface area contributed by atoms with Gasteiger partial charge in [-0.1, -0.05) is 17.7 Å². The Morgan fingerprint density at radius 3 is 2.62 bits per heavy atom. The van der Waals surface area contributed by atoms with Crippen molar-refractivity contribution in [2.45, 2.75) is 16.3 Å². The van der Waals surface area contributed by atoms with Crippen LogP contribution in [0.1, 0.15) is 5.56 Å². The molecule has 6 nitrogen and oxygen atoms in total. The van der Waals surface area contributed by atoms with Gasteiger partial charge in [-0.2, -0.15) is 4.31 Å². The Hall–Kier alpha value is -1.65. The van der Waals surface area contributed by atoms with Gasteiger partial charge < -0.3 is 9.64 Å². The Bertz CT molecular complexity index is 1060. The molecule has 154 valence electrons. The molecule has 4 rings (SSSR count). The summed E-state index contributed by atoms with van der Waals surface area (Å²) in [5.74, 6) is -0.385. The molecule has 0 aliphatic carbocycles. The van der Waals surface area contributed by atoms with Gasteiger partial charge in [-0.05, 0) is 35.9 Å². The first-order valence-corrected chi connectivity index (χ1v) is 11.8. The molecule has 0 spiro atoms. The van der Waals surface area contributed by atoms with Crippen LogP contribution >= 0.6 is 23.4 Å². The molecule has 2 aromatic carbocycles. The molecule has 0 aromatic heterocycles. The van der Waals surface area contributed by atoms with E-state index in [2.05, 4.69) is 0 Å². The van der Waals surface area contributed by atoms with Crippen molar-refractivity contribution in [3.05, 3.63) is 52.8 Å². The number of benzene rings is 2. The molecule has 0 bridgehead atoms. The van der Waals surface area contributed by atoms with Gasteiger partial charge in [-0.3, -0.25) is 4.79 Å². The summed E-state index contributed by atoms with van der Waals surface area (Å²) in [7, 11) is -3.69. The predicted molar refractivity (Wildman–Crippen MR) is 109 cm³/mol. The number of carbonyl (C=O) groups excluding carboxylic acids is 1. The highest BCUT2D eigenvalue weighted by Crippen LogP contribution is 2.38. The fourth-order valence-corrected chi connectivity index (χ4v) is 5.84. The van der Waals surface area contributed by atoms with E-state index in [-0.39, 0.29) is 28.1 Å². The second-order valence-electron chi connectivity index (χ2n) is 6.65. The summed E-state index contributed by atoms with van der Waals surface area (Å²) in [6.45, 7) is 1.43. The SMILES string of the molecule is O=C1CSc2ccc(S(=O)(=O)N3CCOCC3)cc2N1Cc1ccc(F)cc1Cl. The van der Waals surface area contributed by atoms with Crippen LogP contribution < -0.4 is 4.90 Å². The lowest BCUT2D eigenvalue weighted by Gasteiger charge is -2.31. The molecule has 1 fully saturated rings. The van der Waals surface area contributed by atoms with Crippen LogP contribution in [0.25, 0.3) is 0 Å². The van der Waals surface area contributed by atoms with E-state index in [1.165, 1.54) is 45.2 Å². The molecular weight excluding hydrogens is 439 g/mol. The highest BCUT2D eigenvalue weighted by molar-refractivity contribution is 8.00. The fourth-order valence-electron chi connectivity index (χ4n) is 3.27. The number of morpholine rings is 1. The molecule has 0 radical (unpaired) electrons. The normalized spacial score (nSPS) is 18.0. The zero-order valence-corrected chi connectivity index (χ0v) is 17.7. The first kappa shape index (κ1) is 20.6. The summed E-state index contributed by atoms with van der Waals surface area (Å²) < 4.78 is 46.0. The van der Waals surface area contributed by atoms with Gasteiger partial charge in [0.2, 0.25) is 15.9 Å². The summed E-state index contributed by atoms with van der Waals surface area (Å²) in [6.07, 6.45) is 0. The summed E-state index contributed by atoms with van der Waals surface area (Å²) in [5.41, 5.74) is 1.10. The van der Waals surface area contributed by atoms with Crippen molar-refractivity contribution in [2.24, 2.45) is 0 Å². The molecule has 0 atom stereocenters. The van der Waals surface area contributed by atoms with Crippen LogP contribution in [-0.4, -0.2) is 50.7 Å². The molecule has 2 aromatic rings. The zero-order chi connectivity index (χ0) is 20.6. The Kier molecular flexibility index (Phi) is 5.85. The minimum Gasteiger partial charge on any atom is -0.379 e. The fraction of sp³-hybridized carbons (Fsp3) is 0.316. The summed E-state index contributed by atoms with van der Waals surface area (Å²) in [4.78, 5) is 15.1. The smallest absolute Gasteiger partial charge is 0.243 e. The number of sulfonamides is 1. The number of hydrogen-bond acceptors (Lipinski definition) is 5. The summed E-state index contributed by atoms with van der Waals surface area (Å²) in [5, 5.41) is 0.217. The van der Waals surface area contributed by atoms with Crippen LogP contribution in [0.4, 0.5) is 10.1 Å². The van der Waals surface area contributed by atoms with Crippen molar-refractivity contribution in [3.63, 3.8) is 0 Å². The molecule has 1 saturated heterocycles. The number of thioether (sulfide) groups is 1. The number of fused-ring (bicyclic) bond motifs is 1. The summed E-state index contributed by atoms with van der Waals surface area (Å²) >= 11 is 7.49. The van der Waals surface area contributed by atoms with Gasteiger partial charge in [-0.15, -0.1) is 11.8 Å². The number of nitrogens with zero attached hydrogens (tertiary/aromatic N) is 2. The molecule has 0 unspecified atom stereocenters. The molecule has 0 saturated carbocycles. The number of anilines is 1. The van der Waals surface area contributed by atoms with Crippen LogP contribution in [0.15, 0.2) is 46.2 Å². The second-order valence-corrected chi connectivity index (χ2v) is 10.0. The Labute approximate surface area is 177 Å². The number of rotatable bonds is 4. The Morgan fingerprint density at radius 1 is 1.14 bits per heavy atom. The molecule has 2 aliphatic rings. The van der Waals surface area contributed by atoms with Gasteiger partial charge in [0.15, 0.2) is 0 Å². The maximum Gasteiger partial charge on any atom is 0.243 e. The predicted octanol–water partition coefficient (Wildman–Crippen LogP) is 3.14. The van der Waals surface area contributed by atoms with Crippen LogP contribution in [0, 0.1) is 5.82 Å². The molecule has 0 N–H and O–H groups in total. The largest absolute Gasteiger partial charge is 0.379 e. The van der Waals surface area contributed by atoms with Gasteiger partial charge in [0.1, 0.15) is 5.82 Å². The molecule has 1 amide bonds. The molecule has 29 heavy (non-hydrogen) atoms. The van der Waals surface area contributed by atoms with E-state index in [0.29, 0.717) is 37.6 Å². The topological polar surface area (TPSA) is 66.9 Å². The van der Waals surface area contributed by atoms with Crippen molar-refractivity contribution in [2.75, 3.05) is 37.0 Å². The maximum atomic E-state index is 13.4. The van der Waals surface area contributed by atoms with Crippen molar-refractivity contribution in [3.8, 4) is 0 Å². The molecular formula is C19H18ClFN2O4S2. The van der Waals surface area contributed by atoms with E-state index >= 15 is 0 Å². The van der Waals surface area contributed by atoms with E-state index in [4.69, 9.17) is 16.3 Å². The van der Waals surface area contributed by atoms with E-state index in [9.17, 15) is 17.6 Å². The monoisotopic (exact) mass is 456 g/mol. The van der Waals surface area contributed by atoms with Crippen LogP contribution in [0.5, 0.6) is 0 Å². The van der Waals surface area contributed by atoms with Gasteiger partial charge in [0.25, 0.3) is 0 Å². The quantitative estimate of drug-likeness (QED) is 0.707. The molecule has 2 heterocycles. The lowest BCUT2D eigenvalue weighted by atomic mass is 10.2. The van der Waals surface area contributed by atoms with E-state index in [0.717, 1.165) is 4.90 Å². The van der Waals surface area contributed by atoms with Crippen LogP contribution in [-0.2, 0) is 26.1 Å². The highest BCUT2D eigenvalue weighted by atomic mass is 35.5. The number of ether oxygens (including phenoxy) is 1. The van der Waals surface area contributed by atoms with Crippen molar-refractivity contribution in [1.29, 1.82) is 0 Å². The Balaban J connectivity index is 1.70.